The number of methoxy groups -OCH3 is 1. The molecule has 2 aromatic rings. The molecular weight excluding hydrogens is 1210 g/mol. The number of rotatable bonds is 14. The summed E-state index contributed by atoms with van der Waals surface area (Å²) >= 11 is 1.60. The molecule has 1 aromatic carbocycles. The smallest absolute Gasteiger partial charge is 0.246 e. The van der Waals surface area contributed by atoms with Gasteiger partial charge in [0, 0.05) is 103 Å². The number of piperidine rings is 1. The topological polar surface area (TPSA) is 404 Å². The predicted octanol–water partition coefficient (Wildman–Crippen LogP) is -1.01. The summed E-state index contributed by atoms with van der Waals surface area (Å²) in [5.41, 5.74) is 6.80. The van der Waals surface area contributed by atoms with Gasteiger partial charge >= 0.3 is 0 Å². The number of nitrogens with one attached hydrogen (secondary N) is 6. The molecule has 90 heavy (non-hydrogen) atoms. The number of aliphatic hydroxyl groups is 3. The Kier molecular flexibility index (Phi) is 23.4. The lowest BCUT2D eigenvalue weighted by molar-refractivity contribution is -0.144. The van der Waals surface area contributed by atoms with Crippen LogP contribution >= 0.6 is 11.8 Å². The Bertz CT molecular complexity index is 3130. The summed E-state index contributed by atoms with van der Waals surface area (Å²) in [6.45, 7) is 5.29. The fourth-order valence-corrected chi connectivity index (χ4v) is 15.9. The average Bonchev–Trinajstić information content (AvgIpc) is 1.66. The Hall–Kier alpha value is -6.82. The second-order valence-electron chi connectivity index (χ2n) is 25.2. The van der Waals surface area contributed by atoms with Gasteiger partial charge in [-0.05, 0) is 74.5 Å². The Morgan fingerprint density at radius 1 is 0.856 bits per heavy atom. The molecule has 27 nitrogen and oxygen atoms in total. The summed E-state index contributed by atoms with van der Waals surface area (Å²) in [5.74, 6) is -13.1. The molecule has 5 aliphatic heterocycles. The van der Waals surface area contributed by atoms with Gasteiger partial charge in [-0.2, -0.15) is 11.8 Å². The third-order valence-electron chi connectivity index (χ3n) is 19.0. The van der Waals surface area contributed by atoms with Gasteiger partial charge in [-0.1, -0.05) is 34.1 Å². The van der Waals surface area contributed by atoms with Gasteiger partial charge in [0.2, 0.25) is 59.1 Å². The third-order valence-corrected chi connectivity index (χ3v) is 21.8. The number of hydrogen-bond donors (Lipinski definition) is 10. The van der Waals surface area contributed by atoms with Crippen molar-refractivity contribution < 1.29 is 81.8 Å². The normalized spacial score (nSPS) is 29.6. The van der Waals surface area contributed by atoms with E-state index in [0.717, 1.165) is 17.7 Å². The van der Waals surface area contributed by atoms with Crippen LogP contribution in [-0.2, 0) is 80.5 Å². The number of Topliss-reactive ketones (excluding diaryl/α,β-unsaturated/α-hetero) is 2. The fourth-order valence-electron chi connectivity index (χ4n) is 13.3. The van der Waals surface area contributed by atoms with Crippen molar-refractivity contribution in [3.63, 3.8) is 0 Å². The van der Waals surface area contributed by atoms with Gasteiger partial charge in [0.25, 0.3) is 0 Å². The summed E-state index contributed by atoms with van der Waals surface area (Å²) in [5, 5.41) is 45.2. The molecule has 0 radical (unpaired) electrons. The molecule has 6 aliphatic rings. The summed E-state index contributed by atoms with van der Waals surface area (Å²) in [7, 11) is -0.946. The maximum Gasteiger partial charge on any atom is 0.246 e. The van der Waals surface area contributed by atoms with Crippen molar-refractivity contribution in [2.75, 3.05) is 58.7 Å². The Morgan fingerprint density at radius 3 is 2.20 bits per heavy atom. The van der Waals surface area contributed by atoms with Gasteiger partial charge in [0.05, 0.1) is 73.5 Å². The minimum absolute atomic E-state index is 0.0552. The van der Waals surface area contributed by atoms with Crippen LogP contribution in [0.15, 0.2) is 17.2 Å². The van der Waals surface area contributed by atoms with Crippen molar-refractivity contribution in [2.24, 2.45) is 47.2 Å². The van der Waals surface area contributed by atoms with Gasteiger partial charge in [0.15, 0.2) is 11.6 Å². The lowest BCUT2D eigenvalue weighted by atomic mass is 9.81. The molecule has 1 aliphatic carbocycles. The molecule has 4 fully saturated rings. The van der Waals surface area contributed by atoms with Crippen LogP contribution < -0.4 is 37.1 Å². The van der Waals surface area contributed by atoms with E-state index in [1.54, 1.807) is 44.7 Å². The van der Waals surface area contributed by atoms with Crippen molar-refractivity contribution in [1.82, 2.24) is 46.3 Å². The van der Waals surface area contributed by atoms with Gasteiger partial charge < -0.3 is 67.2 Å². The van der Waals surface area contributed by atoms with Crippen molar-refractivity contribution in [2.45, 2.75) is 164 Å². The van der Waals surface area contributed by atoms with Crippen LogP contribution in [0.3, 0.4) is 0 Å². The molecule has 3 saturated heterocycles. The van der Waals surface area contributed by atoms with Crippen LogP contribution in [0, 0.1) is 41.4 Å². The van der Waals surface area contributed by atoms with Crippen LogP contribution in [0.2, 0.25) is 0 Å². The number of aromatic nitrogens is 1. The number of H-pyrrole nitrogens is 1. The number of hydrogen-bond acceptors (Lipinski definition) is 18. The number of nitrogens with two attached hydrogens (primary N) is 1. The maximum absolute atomic E-state index is 15.5. The molecular formula is C61H86N10O17S2. The Labute approximate surface area is 528 Å². The number of amides is 10. The summed E-state index contributed by atoms with van der Waals surface area (Å²) in [6, 6.07) is -3.61. The van der Waals surface area contributed by atoms with E-state index in [4.69, 9.17) is 10.5 Å². The molecule has 0 spiro atoms. The maximum atomic E-state index is 15.5. The zero-order chi connectivity index (χ0) is 65.4. The highest BCUT2D eigenvalue weighted by atomic mass is 32.2. The van der Waals surface area contributed by atoms with Crippen molar-refractivity contribution in [3.8, 4) is 5.75 Å². The highest BCUT2D eigenvalue weighted by molar-refractivity contribution is 7.99. The number of nitrogens with zero attached hydrogens (tertiary/aromatic N) is 3. The lowest BCUT2D eigenvalue weighted by Crippen LogP contribution is -2.60. The number of primary amides is 1. The minimum atomic E-state index is -2.41. The predicted molar refractivity (Wildman–Crippen MR) is 326 cm³/mol. The zero-order valence-corrected chi connectivity index (χ0v) is 53.2. The van der Waals surface area contributed by atoms with E-state index >= 15 is 9.00 Å². The largest absolute Gasteiger partial charge is 0.496 e. The number of likely N-dealkylation sites (tertiary alicyclic amines) is 2. The number of carbonyl (C=O) groups excluding carboxylic acids is 12. The molecule has 10 amide bonds. The number of aromatic amines is 1. The summed E-state index contributed by atoms with van der Waals surface area (Å²) < 4.78 is 21.4. The van der Waals surface area contributed by atoms with Crippen LogP contribution in [0.5, 0.6) is 5.75 Å². The first-order valence-corrected chi connectivity index (χ1v) is 33.6. The lowest BCUT2D eigenvalue weighted by Gasteiger charge is -2.36. The minimum Gasteiger partial charge on any atom is -0.496 e. The number of carbonyl (C=O) groups is 12. The Morgan fingerprint density at radius 2 is 1.56 bits per heavy atom. The first-order chi connectivity index (χ1) is 42.8. The third kappa shape index (κ3) is 16.3. The number of thioether (sulfide) groups is 1. The van der Waals surface area contributed by atoms with Crippen LogP contribution in [0.1, 0.15) is 116 Å². The number of benzene rings is 1. The molecule has 6 heterocycles. The number of fused-ring (bicyclic) bond motifs is 5. The average molecular weight is 1300 g/mol. The molecule has 11 N–H and O–H groups in total. The van der Waals surface area contributed by atoms with Crippen LogP contribution in [0.4, 0.5) is 0 Å². The second-order valence-corrected chi connectivity index (χ2v) is 27.9. The molecule has 1 saturated carbocycles. The molecule has 2 unspecified atom stereocenters. The summed E-state index contributed by atoms with van der Waals surface area (Å²) in [4.78, 5) is 175. The molecule has 8 rings (SSSR count). The van der Waals surface area contributed by atoms with Crippen LogP contribution in [0.25, 0.3) is 10.9 Å². The van der Waals surface area contributed by atoms with E-state index in [-0.39, 0.29) is 64.2 Å². The van der Waals surface area contributed by atoms with E-state index < -0.39 is 181 Å². The molecule has 29 heteroatoms. The number of ether oxygens (including phenoxy) is 1. The first kappa shape index (κ1) is 69.1. The fraction of sp³-hybridized carbons (Fsp3) is 0.672. The highest BCUT2D eigenvalue weighted by Gasteiger charge is 2.46. The molecule has 494 valence electrons. The zero-order valence-electron chi connectivity index (χ0n) is 51.6. The first-order valence-electron chi connectivity index (χ1n) is 31.2. The van der Waals surface area contributed by atoms with Gasteiger partial charge in [0.1, 0.15) is 28.9 Å². The molecule has 1 aromatic heterocycles. The van der Waals surface area contributed by atoms with Crippen LogP contribution in [-0.4, -0.2) is 210 Å². The van der Waals surface area contributed by atoms with Crippen molar-refractivity contribution in [3.05, 3.63) is 23.3 Å². The molecule has 2 bridgehead atoms. The molecule has 12 atom stereocenters. The van der Waals surface area contributed by atoms with E-state index in [0.29, 0.717) is 79.7 Å². The summed E-state index contributed by atoms with van der Waals surface area (Å²) in [6.07, 6.45) is -1.02. The second kappa shape index (κ2) is 30.5. The SMILES string of the molecule is CC[C@H](C)[C@@H]1CC(=O)CNC(=O)[C@H]2CC(=O)[C@H]([C@@H](C)[C@@H](O)CO)NC(=O)[C@@H]3C[C@@H](O)CN3C(=O)[C@H](CC(N)=O)NC(=O)[C@H](CS(=O)c3[nH]c4c(CSC5CCN(C(=O)C6CCC(CN7C(=O)CC(C)C7=O)CC6)CC5)c(OC)ccc4c3C2)NC(=O)CNC1=O. The monoisotopic (exact) mass is 1290 g/mol. The van der Waals surface area contributed by atoms with Crippen molar-refractivity contribution >= 4 is 104 Å². The highest BCUT2D eigenvalue weighted by Crippen LogP contribution is 2.40. The van der Waals surface area contributed by atoms with E-state index in [1.165, 1.54) is 18.9 Å². The quantitative estimate of drug-likeness (QED) is 0.101. The Balaban J connectivity index is 1.16. The van der Waals surface area contributed by atoms with Gasteiger partial charge in [-0.25, -0.2) is 0 Å². The van der Waals surface area contributed by atoms with Gasteiger partial charge in [-0.15, -0.1) is 0 Å². The van der Waals surface area contributed by atoms with Gasteiger partial charge in [-0.3, -0.25) is 66.6 Å². The number of ketones is 2. The number of aliphatic hydroxyl groups excluding tert-OH is 3. The standard InChI is InChI=1S/C61H86N10O17S2/c1-6-30(2)40-20-36(73)23-63-54(80)35-18-41-39-11-12-48(88-5)42(28-89-38-13-15-69(16-14-38)60(85)34-9-7-33(8-10-34)25-71-51(79)17-31(3)59(71)84)53(39)68-58(41)90(87)29-44(65-50(78)24-64-55(40)81)56(82)66-43(22-49(62)77)61(86)70-26-37(74)21-45(70)57(83)67-52(46(75)19-35)32(4)47(76)27-72/h11-12,30-35,37-38,40,43-45,47,52,68,72,74,76H,6-10,13-29H2,1-5H3,(H2,62,77)(H,63,80)(H,64,81)(H,65,78)(H,66,82)(H,67,83)/t30-,31?,32-,33?,34?,35+,37+,40-,43-,44-,45-,47-,52-,90?/m0/s1. The van der Waals surface area contributed by atoms with E-state index in [9.17, 15) is 68.1 Å². The van der Waals surface area contributed by atoms with E-state index in [1.807, 2.05) is 4.90 Å². The number of imide groups is 1. The van der Waals surface area contributed by atoms with E-state index in [2.05, 4.69) is 31.6 Å². The van der Waals surface area contributed by atoms with Crippen molar-refractivity contribution in [1.29, 1.82) is 0 Å².